The summed E-state index contributed by atoms with van der Waals surface area (Å²) in [6.07, 6.45) is 7.06. The lowest BCUT2D eigenvalue weighted by Crippen LogP contribution is -2.39. The van der Waals surface area contributed by atoms with Crippen molar-refractivity contribution in [1.82, 2.24) is 15.0 Å². The van der Waals surface area contributed by atoms with Crippen LogP contribution in [-0.2, 0) is 0 Å². The SMILES string of the molecule is COc1nc(OC)nc(N(CCCN)C2CCCCC2)n1. The molecule has 2 rings (SSSR count). The molecule has 0 atom stereocenters. The van der Waals surface area contributed by atoms with Gasteiger partial charge in [0.15, 0.2) is 0 Å². The Bertz CT molecular complexity index is 415. The molecule has 118 valence electrons. The van der Waals surface area contributed by atoms with Crippen molar-refractivity contribution in [1.29, 1.82) is 0 Å². The first kappa shape index (κ1) is 15.8. The maximum Gasteiger partial charge on any atom is 0.324 e. The molecule has 0 radical (unpaired) electrons. The van der Waals surface area contributed by atoms with Gasteiger partial charge in [-0.15, -0.1) is 4.98 Å². The van der Waals surface area contributed by atoms with E-state index in [9.17, 15) is 0 Å². The van der Waals surface area contributed by atoms with Crippen molar-refractivity contribution < 1.29 is 9.47 Å². The van der Waals surface area contributed by atoms with Crippen molar-refractivity contribution in [2.45, 2.75) is 44.6 Å². The zero-order valence-electron chi connectivity index (χ0n) is 12.9. The van der Waals surface area contributed by atoms with Gasteiger partial charge in [0, 0.05) is 12.6 Å². The van der Waals surface area contributed by atoms with E-state index < -0.39 is 0 Å². The summed E-state index contributed by atoms with van der Waals surface area (Å²) in [7, 11) is 3.09. The summed E-state index contributed by atoms with van der Waals surface area (Å²) in [6, 6.07) is 1.03. The molecular weight excluding hydrogens is 270 g/mol. The van der Waals surface area contributed by atoms with Gasteiger partial charge in [0.05, 0.1) is 14.2 Å². The highest BCUT2D eigenvalue weighted by Gasteiger charge is 2.24. The molecule has 1 aliphatic rings. The van der Waals surface area contributed by atoms with Gasteiger partial charge < -0.3 is 20.1 Å². The highest BCUT2D eigenvalue weighted by Crippen LogP contribution is 2.27. The molecule has 0 unspecified atom stereocenters. The number of nitrogens with zero attached hydrogens (tertiary/aromatic N) is 4. The van der Waals surface area contributed by atoms with Gasteiger partial charge in [-0.2, -0.15) is 9.97 Å². The van der Waals surface area contributed by atoms with E-state index in [-0.39, 0.29) is 12.0 Å². The molecule has 1 fully saturated rings. The second-order valence-corrected chi connectivity index (χ2v) is 5.24. The van der Waals surface area contributed by atoms with Crippen LogP contribution in [0.4, 0.5) is 5.95 Å². The van der Waals surface area contributed by atoms with Gasteiger partial charge in [-0.05, 0) is 25.8 Å². The number of hydrogen-bond donors (Lipinski definition) is 1. The van der Waals surface area contributed by atoms with E-state index in [1.807, 2.05) is 0 Å². The van der Waals surface area contributed by atoms with Crippen molar-refractivity contribution in [2.75, 3.05) is 32.2 Å². The van der Waals surface area contributed by atoms with Crippen LogP contribution in [0.15, 0.2) is 0 Å². The van der Waals surface area contributed by atoms with Crippen molar-refractivity contribution in [3.8, 4) is 12.0 Å². The maximum absolute atomic E-state index is 5.67. The van der Waals surface area contributed by atoms with Gasteiger partial charge in [-0.1, -0.05) is 19.3 Å². The molecule has 0 bridgehead atoms. The Morgan fingerprint density at radius 1 is 1.05 bits per heavy atom. The van der Waals surface area contributed by atoms with Crippen molar-refractivity contribution >= 4 is 5.95 Å². The van der Waals surface area contributed by atoms with E-state index in [2.05, 4.69) is 19.9 Å². The Hall–Kier alpha value is -1.63. The minimum absolute atomic E-state index is 0.283. The molecule has 1 aromatic heterocycles. The molecule has 1 aromatic rings. The summed E-state index contributed by atoms with van der Waals surface area (Å²) >= 11 is 0. The first-order valence-corrected chi connectivity index (χ1v) is 7.59. The van der Waals surface area contributed by atoms with Gasteiger partial charge >= 0.3 is 12.0 Å². The summed E-state index contributed by atoms with van der Waals surface area (Å²) in [5.41, 5.74) is 5.67. The Balaban J connectivity index is 2.25. The third-order valence-corrected chi connectivity index (χ3v) is 3.82. The zero-order valence-corrected chi connectivity index (χ0v) is 12.9. The fraction of sp³-hybridized carbons (Fsp3) is 0.786. The lowest BCUT2D eigenvalue weighted by molar-refractivity contribution is 0.336. The molecule has 2 N–H and O–H groups in total. The molecule has 1 heterocycles. The number of aromatic nitrogens is 3. The second kappa shape index (κ2) is 7.97. The van der Waals surface area contributed by atoms with Crippen LogP contribution in [0, 0.1) is 0 Å². The first-order chi connectivity index (χ1) is 10.3. The molecule has 7 heteroatoms. The van der Waals surface area contributed by atoms with Crippen LogP contribution in [-0.4, -0.2) is 48.3 Å². The monoisotopic (exact) mass is 295 g/mol. The number of ether oxygens (including phenoxy) is 2. The normalized spacial score (nSPS) is 15.8. The fourth-order valence-corrected chi connectivity index (χ4v) is 2.74. The van der Waals surface area contributed by atoms with Crippen LogP contribution < -0.4 is 20.1 Å². The van der Waals surface area contributed by atoms with Crippen LogP contribution in [0.25, 0.3) is 0 Å². The van der Waals surface area contributed by atoms with E-state index in [4.69, 9.17) is 15.2 Å². The average molecular weight is 295 g/mol. The summed E-state index contributed by atoms with van der Waals surface area (Å²) in [5, 5.41) is 0. The highest BCUT2D eigenvalue weighted by atomic mass is 16.5. The second-order valence-electron chi connectivity index (χ2n) is 5.24. The van der Waals surface area contributed by atoms with E-state index >= 15 is 0 Å². The lowest BCUT2D eigenvalue weighted by atomic mass is 9.94. The van der Waals surface area contributed by atoms with Gasteiger partial charge in [-0.25, -0.2) is 0 Å². The predicted molar refractivity (Wildman–Crippen MR) is 80.8 cm³/mol. The van der Waals surface area contributed by atoms with Crippen molar-refractivity contribution in [3.63, 3.8) is 0 Å². The molecule has 0 spiro atoms. The smallest absolute Gasteiger partial charge is 0.324 e. The number of anilines is 1. The molecular formula is C14H25N5O2. The molecule has 7 nitrogen and oxygen atoms in total. The van der Waals surface area contributed by atoms with E-state index in [1.54, 1.807) is 14.2 Å². The standard InChI is InChI=1S/C14H25N5O2/c1-20-13-16-12(17-14(18-13)21-2)19(10-6-9-15)11-7-4-3-5-8-11/h11H,3-10,15H2,1-2H3. The maximum atomic E-state index is 5.67. The van der Waals surface area contributed by atoms with Crippen molar-refractivity contribution in [3.05, 3.63) is 0 Å². The lowest BCUT2D eigenvalue weighted by Gasteiger charge is -2.34. The average Bonchev–Trinajstić information content (AvgIpc) is 2.55. The molecule has 0 aromatic carbocycles. The van der Waals surface area contributed by atoms with E-state index in [0.717, 1.165) is 13.0 Å². The minimum Gasteiger partial charge on any atom is -0.467 e. The van der Waals surface area contributed by atoms with Gasteiger partial charge in [0.2, 0.25) is 5.95 Å². The van der Waals surface area contributed by atoms with Gasteiger partial charge in [0.25, 0.3) is 0 Å². The summed E-state index contributed by atoms with van der Waals surface area (Å²) < 4.78 is 10.3. The van der Waals surface area contributed by atoms with E-state index in [1.165, 1.54) is 32.1 Å². The Morgan fingerprint density at radius 3 is 2.19 bits per heavy atom. The Labute approximate surface area is 125 Å². The van der Waals surface area contributed by atoms with Crippen LogP contribution in [0.1, 0.15) is 38.5 Å². The van der Waals surface area contributed by atoms with Crippen LogP contribution in [0.5, 0.6) is 12.0 Å². The third-order valence-electron chi connectivity index (χ3n) is 3.82. The van der Waals surface area contributed by atoms with Crippen LogP contribution in [0.2, 0.25) is 0 Å². The molecule has 1 saturated carbocycles. The first-order valence-electron chi connectivity index (χ1n) is 7.59. The number of methoxy groups -OCH3 is 2. The minimum atomic E-state index is 0.283. The van der Waals surface area contributed by atoms with Gasteiger partial charge in [-0.3, -0.25) is 0 Å². The molecule has 0 aliphatic heterocycles. The summed E-state index contributed by atoms with van der Waals surface area (Å²) in [6.45, 7) is 1.50. The largest absolute Gasteiger partial charge is 0.467 e. The Morgan fingerprint density at radius 2 is 1.67 bits per heavy atom. The van der Waals surface area contributed by atoms with Crippen LogP contribution in [0.3, 0.4) is 0 Å². The quantitative estimate of drug-likeness (QED) is 0.813. The molecule has 1 aliphatic carbocycles. The zero-order chi connectivity index (χ0) is 15.1. The highest BCUT2D eigenvalue weighted by molar-refractivity contribution is 5.34. The molecule has 21 heavy (non-hydrogen) atoms. The topological polar surface area (TPSA) is 86.4 Å². The molecule has 0 saturated heterocycles. The third kappa shape index (κ3) is 4.17. The van der Waals surface area contributed by atoms with Crippen molar-refractivity contribution in [2.24, 2.45) is 5.73 Å². The van der Waals surface area contributed by atoms with Crippen LogP contribution >= 0.6 is 0 Å². The summed E-state index contributed by atoms with van der Waals surface area (Å²) in [4.78, 5) is 15.1. The molecule has 0 amide bonds. The summed E-state index contributed by atoms with van der Waals surface area (Å²) in [5.74, 6) is 0.624. The van der Waals surface area contributed by atoms with E-state index in [0.29, 0.717) is 18.5 Å². The fourth-order valence-electron chi connectivity index (χ4n) is 2.74. The van der Waals surface area contributed by atoms with Gasteiger partial charge in [0.1, 0.15) is 0 Å². The number of nitrogens with two attached hydrogens (primary N) is 1. The predicted octanol–water partition coefficient (Wildman–Crippen LogP) is 1.38. The number of hydrogen-bond acceptors (Lipinski definition) is 7. The Kier molecular flexibility index (Phi) is 5.98. The number of rotatable bonds is 7.